The lowest BCUT2D eigenvalue weighted by Crippen LogP contribution is -2.20. The molecule has 8 heteroatoms. The minimum atomic E-state index is -3.38. The van der Waals surface area contributed by atoms with E-state index in [9.17, 15) is 13.2 Å². The van der Waals surface area contributed by atoms with Crippen molar-refractivity contribution < 1.29 is 13.2 Å². The number of amides is 2. The summed E-state index contributed by atoms with van der Waals surface area (Å²) in [6.07, 6.45) is 5.18. The lowest BCUT2D eigenvalue weighted by atomic mass is 10.1. The second-order valence-electron chi connectivity index (χ2n) is 7.27. The second kappa shape index (κ2) is 7.96. The molecular weight excluding hydrogens is 406 g/mol. The van der Waals surface area contributed by atoms with Gasteiger partial charge in [0.05, 0.1) is 28.2 Å². The number of carbonyl (C=O) groups excluding carboxylic acids is 1. The van der Waals surface area contributed by atoms with Gasteiger partial charge in [0, 0.05) is 11.8 Å². The number of rotatable bonds is 6. The number of thiophene rings is 1. The van der Waals surface area contributed by atoms with E-state index in [4.69, 9.17) is 0 Å². The zero-order valence-corrected chi connectivity index (χ0v) is 17.5. The molecule has 1 fully saturated rings. The van der Waals surface area contributed by atoms with Crippen molar-refractivity contribution in [3.8, 4) is 11.1 Å². The summed E-state index contributed by atoms with van der Waals surface area (Å²) in [7, 11) is -3.38. The molecule has 0 aliphatic heterocycles. The summed E-state index contributed by atoms with van der Waals surface area (Å²) >= 11 is 1.54. The van der Waals surface area contributed by atoms with E-state index in [1.807, 2.05) is 29.8 Å². The molecule has 2 aromatic heterocycles. The van der Waals surface area contributed by atoms with Crippen LogP contribution in [0, 0.1) is 12.8 Å². The number of hydrogen-bond acceptors (Lipinski definition) is 5. The zero-order valence-electron chi connectivity index (χ0n) is 15.9. The van der Waals surface area contributed by atoms with Crippen LogP contribution in [0.2, 0.25) is 0 Å². The lowest BCUT2D eigenvalue weighted by molar-refractivity contribution is 0.262. The van der Waals surface area contributed by atoms with Crippen LogP contribution in [0.3, 0.4) is 0 Å². The van der Waals surface area contributed by atoms with Crippen molar-refractivity contribution in [2.75, 3.05) is 16.4 Å². The summed E-state index contributed by atoms with van der Waals surface area (Å²) in [6, 6.07) is 8.22. The van der Waals surface area contributed by atoms with Crippen molar-refractivity contribution in [2.24, 2.45) is 5.92 Å². The number of anilines is 2. The number of sulfone groups is 1. The van der Waals surface area contributed by atoms with Crippen LogP contribution in [0.5, 0.6) is 0 Å². The zero-order chi connectivity index (χ0) is 20.4. The smallest absolute Gasteiger partial charge is 0.307 e. The van der Waals surface area contributed by atoms with Gasteiger partial charge in [0.2, 0.25) is 0 Å². The fraction of sp³-hybridized carbons (Fsp3) is 0.238. The Labute approximate surface area is 173 Å². The molecule has 0 unspecified atom stereocenters. The van der Waals surface area contributed by atoms with Crippen molar-refractivity contribution in [3.63, 3.8) is 0 Å². The molecule has 2 heterocycles. The van der Waals surface area contributed by atoms with E-state index in [0.29, 0.717) is 11.4 Å². The van der Waals surface area contributed by atoms with E-state index in [0.717, 1.165) is 29.5 Å². The minimum Gasteiger partial charge on any atom is -0.307 e. The SMILES string of the molecule is Cc1cncc(NC(=O)Nc2cc(S(=O)(=O)CC3CC3)ccc2-c2ccsc2)c1. The molecule has 1 aliphatic carbocycles. The summed E-state index contributed by atoms with van der Waals surface area (Å²) in [5.41, 5.74) is 3.65. The van der Waals surface area contributed by atoms with Crippen LogP contribution in [0.15, 0.2) is 58.4 Å². The molecule has 3 aromatic rings. The maximum absolute atomic E-state index is 12.7. The van der Waals surface area contributed by atoms with Crippen LogP contribution in [0.25, 0.3) is 11.1 Å². The lowest BCUT2D eigenvalue weighted by Gasteiger charge is -2.14. The second-order valence-corrected chi connectivity index (χ2v) is 10.1. The van der Waals surface area contributed by atoms with Gasteiger partial charge in [-0.15, -0.1) is 0 Å². The molecule has 6 nitrogen and oxygen atoms in total. The maximum atomic E-state index is 12.7. The van der Waals surface area contributed by atoms with Gasteiger partial charge in [-0.3, -0.25) is 4.98 Å². The normalized spacial score (nSPS) is 13.8. The van der Waals surface area contributed by atoms with Crippen molar-refractivity contribution in [3.05, 3.63) is 59.0 Å². The molecule has 1 aliphatic rings. The number of urea groups is 1. The van der Waals surface area contributed by atoms with Crippen LogP contribution < -0.4 is 10.6 Å². The average Bonchev–Trinajstić information content (AvgIpc) is 3.29. The van der Waals surface area contributed by atoms with Gasteiger partial charge in [-0.05, 0) is 71.8 Å². The molecule has 4 rings (SSSR count). The number of pyridine rings is 1. The molecule has 1 aromatic carbocycles. The van der Waals surface area contributed by atoms with Crippen molar-refractivity contribution >= 4 is 38.6 Å². The summed E-state index contributed by atoms with van der Waals surface area (Å²) in [5, 5.41) is 9.45. The Bertz CT molecular complexity index is 1140. The average molecular weight is 428 g/mol. The van der Waals surface area contributed by atoms with Crippen LogP contribution >= 0.6 is 11.3 Å². The Morgan fingerprint density at radius 2 is 2.00 bits per heavy atom. The topological polar surface area (TPSA) is 88.2 Å². The van der Waals surface area contributed by atoms with Gasteiger partial charge in [-0.2, -0.15) is 11.3 Å². The number of aryl methyl sites for hydroxylation is 1. The predicted octanol–water partition coefficient (Wildman–Crippen LogP) is 4.95. The quantitative estimate of drug-likeness (QED) is 0.583. The number of nitrogens with one attached hydrogen (secondary N) is 2. The van der Waals surface area contributed by atoms with E-state index in [2.05, 4.69) is 15.6 Å². The minimum absolute atomic E-state index is 0.158. The van der Waals surface area contributed by atoms with Gasteiger partial charge >= 0.3 is 6.03 Å². The molecule has 0 atom stereocenters. The van der Waals surface area contributed by atoms with Gasteiger partial charge in [-0.25, -0.2) is 13.2 Å². The first-order valence-electron chi connectivity index (χ1n) is 9.30. The Morgan fingerprint density at radius 1 is 1.17 bits per heavy atom. The molecule has 29 heavy (non-hydrogen) atoms. The van der Waals surface area contributed by atoms with Gasteiger partial charge in [-0.1, -0.05) is 6.07 Å². The van der Waals surface area contributed by atoms with Gasteiger partial charge in [0.25, 0.3) is 0 Å². The number of aromatic nitrogens is 1. The first-order chi connectivity index (χ1) is 13.9. The molecule has 150 valence electrons. The molecular formula is C21H21N3O3S2. The third-order valence-corrected chi connectivity index (χ3v) is 7.28. The van der Waals surface area contributed by atoms with Crippen molar-refractivity contribution in [2.45, 2.75) is 24.7 Å². The van der Waals surface area contributed by atoms with Crippen LogP contribution in [-0.2, 0) is 9.84 Å². The first kappa shape index (κ1) is 19.6. The van der Waals surface area contributed by atoms with E-state index >= 15 is 0 Å². The Morgan fingerprint density at radius 3 is 2.69 bits per heavy atom. The van der Waals surface area contributed by atoms with Gasteiger partial charge in [0.1, 0.15) is 0 Å². The molecule has 0 spiro atoms. The largest absolute Gasteiger partial charge is 0.323 e. The fourth-order valence-corrected chi connectivity index (χ4v) is 5.46. The third-order valence-electron chi connectivity index (χ3n) is 4.72. The number of hydrogen-bond donors (Lipinski definition) is 2. The highest BCUT2D eigenvalue weighted by Gasteiger charge is 2.29. The van der Waals surface area contributed by atoms with Gasteiger partial charge < -0.3 is 10.6 Å². The van der Waals surface area contributed by atoms with Crippen LogP contribution in [-0.4, -0.2) is 25.2 Å². The Kier molecular flexibility index (Phi) is 5.38. The van der Waals surface area contributed by atoms with E-state index < -0.39 is 15.9 Å². The van der Waals surface area contributed by atoms with E-state index in [-0.39, 0.29) is 16.6 Å². The molecule has 2 amide bonds. The fourth-order valence-electron chi connectivity index (χ4n) is 3.09. The number of nitrogens with zero attached hydrogens (tertiary/aromatic N) is 1. The van der Waals surface area contributed by atoms with Crippen molar-refractivity contribution in [1.82, 2.24) is 4.98 Å². The monoisotopic (exact) mass is 427 g/mol. The first-order valence-corrected chi connectivity index (χ1v) is 11.9. The molecule has 0 saturated heterocycles. The highest BCUT2D eigenvalue weighted by molar-refractivity contribution is 7.91. The molecule has 1 saturated carbocycles. The summed E-state index contributed by atoms with van der Waals surface area (Å²) in [5.74, 6) is 0.413. The maximum Gasteiger partial charge on any atom is 0.323 e. The standard InChI is InChI=1S/C21H21N3O3S2/c1-14-8-17(11-22-10-14)23-21(25)24-20-9-18(29(26,27)13-15-2-3-15)4-5-19(20)16-6-7-28-12-16/h4-12,15H,2-3,13H2,1H3,(H2,23,24,25). The van der Waals surface area contributed by atoms with E-state index in [1.165, 1.54) is 11.3 Å². The highest BCUT2D eigenvalue weighted by atomic mass is 32.2. The highest BCUT2D eigenvalue weighted by Crippen LogP contribution is 2.35. The van der Waals surface area contributed by atoms with Crippen LogP contribution in [0.4, 0.5) is 16.2 Å². The van der Waals surface area contributed by atoms with E-state index in [1.54, 1.807) is 30.6 Å². The summed E-state index contributed by atoms with van der Waals surface area (Å²) < 4.78 is 25.4. The summed E-state index contributed by atoms with van der Waals surface area (Å²) in [4.78, 5) is 16.9. The van der Waals surface area contributed by atoms with Crippen molar-refractivity contribution in [1.29, 1.82) is 0 Å². The third kappa shape index (κ3) is 4.83. The molecule has 0 bridgehead atoms. The number of carbonyl (C=O) groups is 1. The Balaban J connectivity index is 1.63. The predicted molar refractivity (Wildman–Crippen MR) is 116 cm³/mol. The molecule has 2 N–H and O–H groups in total. The molecule has 0 radical (unpaired) electrons. The van der Waals surface area contributed by atoms with Gasteiger partial charge in [0.15, 0.2) is 9.84 Å². The summed E-state index contributed by atoms with van der Waals surface area (Å²) in [6.45, 7) is 1.89. The number of benzene rings is 1. The Hall–Kier alpha value is -2.71. The van der Waals surface area contributed by atoms with Crippen LogP contribution in [0.1, 0.15) is 18.4 Å².